The van der Waals surface area contributed by atoms with Gasteiger partial charge < -0.3 is 10.2 Å². The fourth-order valence-corrected chi connectivity index (χ4v) is 2.85. The molecule has 1 aromatic carbocycles. The molecule has 106 valence electrons. The maximum atomic E-state index is 13.7. The second kappa shape index (κ2) is 6.18. The van der Waals surface area contributed by atoms with Gasteiger partial charge in [0.2, 0.25) is 0 Å². The van der Waals surface area contributed by atoms with E-state index >= 15 is 0 Å². The number of nitrogens with one attached hydrogen (secondary N) is 1. The Morgan fingerprint density at radius 3 is 2.21 bits per heavy atom. The van der Waals surface area contributed by atoms with Crippen LogP contribution < -0.4 is 5.32 Å². The molecule has 1 saturated heterocycles. The summed E-state index contributed by atoms with van der Waals surface area (Å²) in [6, 6.07) is 3.24. The molecule has 0 spiro atoms. The predicted molar refractivity (Wildman–Crippen MR) is 77.4 cm³/mol. The number of hydrogen-bond acceptors (Lipinski definition) is 2. The highest BCUT2D eigenvalue weighted by Gasteiger charge is 2.22. The van der Waals surface area contributed by atoms with Crippen molar-refractivity contribution in [3.8, 4) is 0 Å². The van der Waals surface area contributed by atoms with Gasteiger partial charge in [-0.1, -0.05) is 15.9 Å². The Labute approximate surface area is 121 Å². The van der Waals surface area contributed by atoms with Crippen molar-refractivity contribution < 1.29 is 8.78 Å². The molecule has 2 rings (SSSR count). The monoisotopic (exact) mass is 332 g/mol. The van der Waals surface area contributed by atoms with Gasteiger partial charge in [-0.05, 0) is 38.8 Å². The number of nitrogens with zero attached hydrogens (tertiary/aromatic N) is 1. The average Bonchev–Trinajstić information content (AvgIpc) is 2.34. The van der Waals surface area contributed by atoms with E-state index < -0.39 is 11.6 Å². The molecule has 1 aromatic rings. The second-order valence-corrected chi connectivity index (χ2v) is 6.21. The molecular weight excluding hydrogens is 314 g/mol. The molecule has 0 unspecified atom stereocenters. The smallest absolute Gasteiger partial charge is 0.150 e. The quantitative estimate of drug-likeness (QED) is 0.899. The van der Waals surface area contributed by atoms with Gasteiger partial charge in [0.05, 0.1) is 0 Å². The maximum Gasteiger partial charge on any atom is 0.150 e. The number of rotatable bonds is 3. The molecule has 2 nitrogen and oxygen atoms in total. The third kappa shape index (κ3) is 3.66. The molecule has 0 bridgehead atoms. The molecule has 0 saturated carbocycles. The third-order valence-corrected chi connectivity index (χ3v) is 4.07. The SMILES string of the molecule is CC(C)N1CCC(Nc2c(F)cc(Br)cc2F)CC1. The van der Waals surface area contributed by atoms with E-state index in [2.05, 4.69) is 40.0 Å². The lowest BCUT2D eigenvalue weighted by atomic mass is 10.0. The van der Waals surface area contributed by atoms with Crippen molar-refractivity contribution in [2.24, 2.45) is 0 Å². The van der Waals surface area contributed by atoms with Crippen LogP contribution in [0.3, 0.4) is 0 Å². The summed E-state index contributed by atoms with van der Waals surface area (Å²) in [6.45, 7) is 6.27. The van der Waals surface area contributed by atoms with Crippen molar-refractivity contribution in [3.63, 3.8) is 0 Å². The van der Waals surface area contributed by atoms with E-state index in [9.17, 15) is 8.78 Å². The van der Waals surface area contributed by atoms with E-state index in [1.165, 1.54) is 12.1 Å². The second-order valence-electron chi connectivity index (χ2n) is 5.29. The lowest BCUT2D eigenvalue weighted by Gasteiger charge is -2.35. The number of halogens is 3. The van der Waals surface area contributed by atoms with Crippen LogP contribution in [0.25, 0.3) is 0 Å². The zero-order valence-corrected chi connectivity index (χ0v) is 12.8. The first kappa shape index (κ1) is 14.7. The van der Waals surface area contributed by atoms with Crippen molar-refractivity contribution in [2.45, 2.75) is 38.8 Å². The third-order valence-electron chi connectivity index (χ3n) is 3.62. The summed E-state index contributed by atoms with van der Waals surface area (Å²) in [7, 11) is 0. The average molecular weight is 333 g/mol. The van der Waals surface area contributed by atoms with Crippen molar-refractivity contribution >= 4 is 21.6 Å². The van der Waals surface area contributed by atoms with Crippen molar-refractivity contribution in [2.75, 3.05) is 18.4 Å². The van der Waals surface area contributed by atoms with Gasteiger partial charge in [0.1, 0.15) is 17.3 Å². The summed E-state index contributed by atoms with van der Waals surface area (Å²) in [5, 5.41) is 3.01. The summed E-state index contributed by atoms with van der Waals surface area (Å²) in [5.41, 5.74) is -0.00815. The molecule has 1 aliphatic rings. The zero-order chi connectivity index (χ0) is 14.0. The molecule has 0 aromatic heterocycles. The van der Waals surface area contributed by atoms with Gasteiger partial charge >= 0.3 is 0 Å². The summed E-state index contributed by atoms with van der Waals surface area (Å²) in [4.78, 5) is 2.38. The van der Waals surface area contributed by atoms with E-state index in [4.69, 9.17) is 0 Å². The fraction of sp³-hybridized carbons (Fsp3) is 0.571. The van der Waals surface area contributed by atoms with E-state index in [1.54, 1.807) is 0 Å². The number of likely N-dealkylation sites (tertiary alicyclic amines) is 1. The number of anilines is 1. The fourth-order valence-electron chi connectivity index (χ4n) is 2.44. The Morgan fingerprint density at radius 2 is 1.74 bits per heavy atom. The van der Waals surface area contributed by atoms with Crippen LogP contribution in [0.1, 0.15) is 26.7 Å². The predicted octanol–water partition coefficient (Wildman–Crippen LogP) is 4.01. The summed E-state index contributed by atoms with van der Waals surface area (Å²) >= 11 is 3.08. The maximum absolute atomic E-state index is 13.7. The van der Waals surface area contributed by atoms with Crippen LogP contribution in [0.15, 0.2) is 16.6 Å². The highest BCUT2D eigenvalue weighted by atomic mass is 79.9. The summed E-state index contributed by atoms with van der Waals surface area (Å²) < 4.78 is 27.9. The van der Waals surface area contributed by atoms with E-state index in [0.717, 1.165) is 25.9 Å². The van der Waals surface area contributed by atoms with Crippen LogP contribution in [0.5, 0.6) is 0 Å². The van der Waals surface area contributed by atoms with Crippen LogP contribution in [-0.2, 0) is 0 Å². The topological polar surface area (TPSA) is 15.3 Å². The number of hydrogen-bond donors (Lipinski definition) is 1. The largest absolute Gasteiger partial charge is 0.377 e. The molecular formula is C14H19BrF2N2. The van der Waals surface area contributed by atoms with Gasteiger partial charge in [0, 0.05) is 29.6 Å². The first-order valence-electron chi connectivity index (χ1n) is 6.62. The minimum Gasteiger partial charge on any atom is -0.377 e. The molecule has 1 fully saturated rings. The van der Waals surface area contributed by atoms with Crippen LogP contribution >= 0.6 is 15.9 Å². The lowest BCUT2D eigenvalue weighted by molar-refractivity contribution is 0.177. The van der Waals surface area contributed by atoms with Gasteiger partial charge in [-0.3, -0.25) is 0 Å². The van der Waals surface area contributed by atoms with E-state index in [1.807, 2.05) is 0 Å². The Balaban J connectivity index is 2.00. The summed E-state index contributed by atoms with van der Waals surface area (Å²) in [5.74, 6) is -1.09. The van der Waals surface area contributed by atoms with Gasteiger partial charge in [-0.25, -0.2) is 8.78 Å². The van der Waals surface area contributed by atoms with Gasteiger partial charge in [-0.2, -0.15) is 0 Å². The Kier molecular flexibility index (Phi) is 4.79. The molecule has 19 heavy (non-hydrogen) atoms. The minimum atomic E-state index is -0.543. The molecule has 0 atom stereocenters. The standard InChI is InChI=1S/C14H19BrF2N2/c1-9(2)19-5-3-11(4-6-19)18-14-12(16)7-10(15)8-13(14)17/h7-9,11,18H,3-6H2,1-2H3. The van der Waals surface area contributed by atoms with Crippen LogP contribution in [0.2, 0.25) is 0 Å². The minimum absolute atomic E-state index is 0.00815. The van der Waals surface area contributed by atoms with E-state index in [0.29, 0.717) is 10.5 Å². The van der Waals surface area contributed by atoms with Gasteiger partial charge in [0.15, 0.2) is 0 Å². The molecule has 0 amide bonds. The highest BCUT2D eigenvalue weighted by molar-refractivity contribution is 9.10. The first-order valence-corrected chi connectivity index (χ1v) is 7.42. The van der Waals surface area contributed by atoms with E-state index in [-0.39, 0.29) is 11.7 Å². The molecule has 5 heteroatoms. The van der Waals surface area contributed by atoms with Crippen LogP contribution in [0.4, 0.5) is 14.5 Å². The van der Waals surface area contributed by atoms with Crippen molar-refractivity contribution in [1.82, 2.24) is 4.90 Å². The number of piperidine rings is 1. The van der Waals surface area contributed by atoms with Gasteiger partial charge in [0.25, 0.3) is 0 Å². The molecule has 0 aliphatic carbocycles. The Morgan fingerprint density at radius 1 is 1.21 bits per heavy atom. The summed E-state index contributed by atoms with van der Waals surface area (Å²) in [6.07, 6.45) is 1.82. The van der Waals surface area contributed by atoms with Crippen molar-refractivity contribution in [3.05, 3.63) is 28.2 Å². The normalized spacial score (nSPS) is 18.0. The molecule has 1 aliphatic heterocycles. The molecule has 0 radical (unpaired) electrons. The Bertz CT molecular complexity index is 420. The molecule has 1 heterocycles. The van der Waals surface area contributed by atoms with Crippen LogP contribution in [-0.4, -0.2) is 30.1 Å². The zero-order valence-electron chi connectivity index (χ0n) is 11.2. The molecule has 1 N–H and O–H groups in total. The van der Waals surface area contributed by atoms with Crippen LogP contribution in [0, 0.1) is 11.6 Å². The first-order chi connectivity index (χ1) is 8.97. The van der Waals surface area contributed by atoms with Gasteiger partial charge in [-0.15, -0.1) is 0 Å². The highest BCUT2D eigenvalue weighted by Crippen LogP contribution is 2.26. The number of benzene rings is 1. The Hall–Kier alpha value is -0.680. The lowest BCUT2D eigenvalue weighted by Crippen LogP contribution is -2.42. The van der Waals surface area contributed by atoms with Crippen molar-refractivity contribution in [1.29, 1.82) is 0 Å².